The molecular weight excluding hydrogens is 468 g/mol. The minimum absolute atomic E-state index is 0.355. The molecular formula is C32H34N6. The van der Waals surface area contributed by atoms with Crippen LogP contribution in [0.1, 0.15) is 68.7 Å². The lowest BCUT2D eigenvalue weighted by Crippen LogP contribution is -2.30. The van der Waals surface area contributed by atoms with Crippen molar-refractivity contribution in [3.05, 3.63) is 72.4 Å². The highest BCUT2D eigenvalue weighted by Gasteiger charge is 2.36. The summed E-state index contributed by atoms with van der Waals surface area (Å²) in [5.74, 6) is 2.96. The maximum Gasteiger partial charge on any atom is 0.124 e. The Morgan fingerprint density at radius 1 is 0.711 bits per heavy atom. The summed E-state index contributed by atoms with van der Waals surface area (Å²) in [4.78, 5) is 16.8. The van der Waals surface area contributed by atoms with Crippen LogP contribution in [0, 0.1) is 5.92 Å². The van der Waals surface area contributed by atoms with Gasteiger partial charge in [-0.3, -0.25) is 0 Å². The first kappa shape index (κ1) is 22.5. The zero-order chi connectivity index (χ0) is 25.1. The largest absolute Gasteiger partial charge is 0.341 e. The van der Waals surface area contributed by atoms with Gasteiger partial charge in [0.05, 0.1) is 35.0 Å². The highest BCUT2D eigenvalue weighted by molar-refractivity contribution is 5.91. The van der Waals surface area contributed by atoms with Crippen LogP contribution in [-0.4, -0.2) is 32.5 Å². The quantitative estimate of drug-likeness (QED) is 0.218. The van der Waals surface area contributed by atoms with Gasteiger partial charge in [-0.2, -0.15) is 0 Å². The molecule has 1 saturated carbocycles. The van der Waals surface area contributed by atoms with Gasteiger partial charge in [-0.1, -0.05) is 43.2 Å². The molecule has 0 bridgehead atoms. The average Bonchev–Trinajstić information content (AvgIpc) is 3.77. The summed E-state index contributed by atoms with van der Waals surface area (Å²) in [5, 5.41) is 9.87. The molecule has 2 saturated heterocycles. The Labute approximate surface area is 222 Å². The molecule has 0 unspecified atom stereocenters. The fourth-order valence-corrected chi connectivity index (χ4v) is 7.07. The summed E-state index contributed by atoms with van der Waals surface area (Å²) in [6.45, 7) is 1.08. The van der Waals surface area contributed by atoms with Crippen LogP contribution in [0.2, 0.25) is 0 Å². The first-order valence-corrected chi connectivity index (χ1v) is 14.4. The summed E-state index contributed by atoms with van der Waals surface area (Å²) in [6, 6.07) is 21.4. The van der Waals surface area contributed by atoms with Gasteiger partial charge >= 0.3 is 0 Å². The molecule has 0 amide bonds. The number of benzene rings is 3. The van der Waals surface area contributed by atoms with E-state index in [-0.39, 0.29) is 0 Å². The van der Waals surface area contributed by atoms with E-state index in [1.54, 1.807) is 0 Å². The molecule has 38 heavy (non-hydrogen) atoms. The zero-order valence-electron chi connectivity index (χ0n) is 21.6. The van der Waals surface area contributed by atoms with Crippen molar-refractivity contribution in [2.24, 2.45) is 5.92 Å². The first-order valence-electron chi connectivity index (χ1n) is 14.4. The van der Waals surface area contributed by atoms with E-state index in [9.17, 15) is 0 Å². The third-order valence-corrected chi connectivity index (χ3v) is 9.16. The molecule has 3 fully saturated rings. The Balaban J connectivity index is 1.05. The van der Waals surface area contributed by atoms with Gasteiger partial charge in [0, 0.05) is 11.6 Å². The number of fused-ring (bicyclic) bond motifs is 3. The number of hydrogen-bond acceptors (Lipinski definition) is 4. The highest BCUT2D eigenvalue weighted by atomic mass is 15.1. The smallest absolute Gasteiger partial charge is 0.124 e. The monoisotopic (exact) mass is 502 g/mol. The van der Waals surface area contributed by atoms with Gasteiger partial charge in [0.1, 0.15) is 11.6 Å². The molecule has 6 nitrogen and oxygen atoms in total. The SMILES string of the molecule is c1cc2cc(-c3cnc([C@@H]4CCCN4)[nH]3)ccc2cc1-c1ccc2nc([C@@H]3C[C@@H]4CCCC[C@@H]4N3)[nH]c2c1. The molecule has 0 spiro atoms. The van der Waals surface area contributed by atoms with Gasteiger partial charge < -0.3 is 20.6 Å². The van der Waals surface area contributed by atoms with E-state index >= 15 is 0 Å². The van der Waals surface area contributed by atoms with Crippen molar-refractivity contribution < 1.29 is 0 Å². The van der Waals surface area contributed by atoms with Gasteiger partial charge in [-0.25, -0.2) is 9.97 Å². The molecule has 4 heterocycles. The lowest BCUT2D eigenvalue weighted by molar-refractivity contribution is 0.325. The summed E-state index contributed by atoms with van der Waals surface area (Å²) in [5.41, 5.74) is 6.87. The van der Waals surface area contributed by atoms with Crippen LogP contribution in [0.5, 0.6) is 0 Å². The molecule has 4 N–H and O–H groups in total. The highest BCUT2D eigenvalue weighted by Crippen LogP contribution is 2.39. The van der Waals surface area contributed by atoms with Crippen molar-refractivity contribution in [2.75, 3.05) is 6.54 Å². The van der Waals surface area contributed by atoms with Crippen molar-refractivity contribution in [3.8, 4) is 22.4 Å². The molecule has 3 aromatic carbocycles. The van der Waals surface area contributed by atoms with Crippen LogP contribution in [0.3, 0.4) is 0 Å². The molecule has 192 valence electrons. The van der Waals surface area contributed by atoms with E-state index in [4.69, 9.17) is 4.98 Å². The predicted molar refractivity (Wildman–Crippen MR) is 153 cm³/mol. The van der Waals surface area contributed by atoms with E-state index in [0.29, 0.717) is 18.1 Å². The second kappa shape index (κ2) is 9.07. The van der Waals surface area contributed by atoms with Gasteiger partial charge in [-0.15, -0.1) is 0 Å². The van der Waals surface area contributed by atoms with E-state index in [1.165, 1.54) is 66.0 Å². The van der Waals surface area contributed by atoms with Crippen molar-refractivity contribution in [1.82, 2.24) is 30.6 Å². The van der Waals surface area contributed by atoms with Crippen LogP contribution in [0.4, 0.5) is 0 Å². The van der Waals surface area contributed by atoms with Crippen LogP contribution in [-0.2, 0) is 0 Å². The summed E-state index contributed by atoms with van der Waals surface area (Å²) >= 11 is 0. The van der Waals surface area contributed by atoms with E-state index in [2.05, 4.69) is 80.2 Å². The Kier molecular flexibility index (Phi) is 5.37. The predicted octanol–water partition coefficient (Wildman–Crippen LogP) is 6.79. The van der Waals surface area contributed by atoms with E-state index < -0.39 is 0 Å². The van der Waals surface area contributed by atoms with Crippen LogP contribution < -0.4 is 10.6 Å². The molecule has 2 aliphatic heterocycles. The van der Waals surface area contributed by atoms with Crippen molar-refractivity contribution in [2.45, 2.75) is 63.1 Å². The summed E-state index contributed by atoms with van der Waals surface area (Å²) < 4.78 is 0. The van der Waals surface area contributed by atoms with E-state index in [1.807, 2.05) is 6.20 Å². The Morgan fingerprint density at radius 2 is 1.53 bits per heavy atom. The fourth-order valence-electron chi connectivity index (χ4n) is 7.07. The van der Waals surface area contributed by atoms with E-state index in [0.717, 1.165) is 47.3 Å². The number of nitrogens with one attached hydrogen (secondary N) is 4. The van der Waals surface area contributed by atoms with Gasteiger partial charge in [0.15, 0.2) is 0 Å². The topological polar surface area (TPSA) is 81.4 Å². The van der Waals surface area contributed by atoms with Crippen molar-refractivity contribution >= 4 is 21.8 Å². The Morgan fingerprint density at radius 3 is 2.39 bits per heavy atom. The summed E-state index contributed by atoms with van der Waals surface area (Å²) in [7, 11) is 0. The standard InChI is InChI=1S/C32H34N6/c1-2-5-25-23(4-1)17-29(35-25)32-36-26-12-11-22(16-28(26)37-32)20-7-8-21-15-24(10-9-19(21)14-20)30-18-34-31(38-30)27-6-3-13-33-27/h7-12,14-16,18,23,25,27,29,33,35H,1-6,13,17H2,(H,34,38)(H,36,37)/t23-,25-,27-,29-/m0/s1. The van der Waals surface area contributed by atoms with Crippen molar-refractivity contribution in [1.29, 1.82) is 0 Å². The number of hydrogen-bond donors (Lipinski definition) is 4. The number of H-pyrrole nitrogens is 2. The first-order chi connectivity index (χ1) is 18.8. The maximum atomic E-state index is 4.97. The zero-order valence-corrected chi connectivity index (χ0v) is 21.6. The fraction of sp³-hybridized carbons (Fsp3) is 0.375. The van der Waals surface area contributed by atoms with Gasteiger partial charge in [0.25, 0.3) is 0 Å². The minimum atomic E-state index is 0.355. The number of nitrogens with zero attached hydrogens (tertiary/aromatic N) is 2. The summed E-state index contributed by atoms with van der Waals surface area (Å²) in [6.07, 6.45) is 11.0. The van der Waals surface area contributed by atoms with Gasteiger partial charge in [0.2, 0.25) is 0 Å². The maximum absolute atomic E-state index is 4.97. The molecule has 0 radical (unpaired) electrons. The molecule has 5 aromatic rings. The third-order valence-electron chi connectivity index (χ3n) is 9.16. The number of imidazole rings is 2. The normalized spacial score (nSPS) is 25.4. The lowest BCUT2D eigenvalue weighted by atomic mass is 9.85. The Bertz CT molecular complexity index is 1610. The second-order valence-corrected chi connectivity index (χ2v) is 11.6. The molecule has 3 aliphatic rings. The van der Waals surface area contributed by atoms with Crippen LogP contribution in [0.25, 0.3) is 44.2 Å². The Hall–Kier alpha value is -3.48. The minimum Gasteiger partial charge on any atom is -0.341 e. The van der Waals surface area contributed by atoms with Crippen LogP contribution >= 0.6 is 0 Å². The second-order valence-electron chi connectivity index (χ2n) is 11.6. The average molecular weight is 503 g/mol. The molecule has 6 heteroatoms. The third kappa shape index (κ3) is 3.94. The lowest BCUT2D eigenvalue weighted by Gasteiger charge is -2.24. The number of rotatable bonds is 4. The number of aromatic nitrogens is 4. The molecule has 8 rings (SSSR count). The molecule has 1 aliphatic carbocycles. The van der Waals surface area contributed by atoms with Crippen LogP contribution in [0.15, 0.2) is 60.8 Å². The van der Waals surface area contributed by atoms with Gasteiger partial charge in [-0.05, 0) is 90.7 Å². The van der Waals surface area contributed by atoms with Crippen molar-refractivity contribution in [3.63, 3.8) is 0 Å². The number of aromatic amines is 2. The molecule has 2 aromatic heterocycles. The molecule has 4 atom stereocenters.